The van der Waals surface area contributed by atoms with Crippen molar-refractivity contribution in [1.29, 1.82) is 0 Å². The average Bonchev–Trinajstić information content (AvgIpc) is 2.54. The molecule has 0 aliphatic carbocycles. The molecule has 22 heavy (non-hydrogen) atoms. The van der Waals surface area contributed by atoms with Crippen LogP contribution in [0.25, 0.3) is 11.0 Å². The molecule has 0 bridgehead atoms. The lowest BCUT2D eigenvalue weighted by atomic mass is 9.99. The molecule has 5 heteroatoms. The number of hydrogen-bond acceptors (Lipinski definition) is 3. The van der Waals surface area contributed by atoms with Gasteiger partial charge in [-0.1, -0.05) is 33.1 Å². The number of amides is 1. The van der Waals surface area contributed by atoms with Crippen molar-refractivity contribution in [2.45, 2.75) is 39.5 Å². The second-order valence-corrected chi connectivity index (χ2v) is 5.50. The van der Waals surface area contributed by atoms with Crippen LogP contribution in [-0.2, 0) is 0 Å². The number of halogens is 1. The predicted molar refractivity (Wildman–Crippen MR) is 85.1 cm³/mol. The number of fused-ring (bicyclic) bond motifs is 1. The number of carbonyl (C=O) groups excluding carboxylic acids is 1. The summed E-state index contributed by atoms with van der Waals surface area (Å²) in [4.78, 5) is 20.6. The lowest BCUT2D eigenvalue weighted by molar-refractivity contribution is 0.0947. The maximum atomic E-state index is 13.6. The molecule has 1 atom stereocenters. The van der Waals surface area contributed by atoms with Crippen molar-refractivity contribution in [1.82, 2.24) is 15.3 Å². The van der Waals surface area contributed by atoms with E-state index in [1.165, 1.54) is 24.5 Å². The third-order valence-electron chi connectivity index (χ3n) is 3.88. The van der Waals surface area contributed by atoms with E-state index in [-0.39, 0.29) is 11.5 Å². The average molecular weight is 303 g/mol. The van der Waals surface area contributed by atoms with Crippen LogP contribution in [0.5, 0.6) is 0 Å². The topological polar surface area (TPSA) is 54.9 Å². The normalized spacial score (nSPS) is 12.3. The lowest BCUT2D eigenvalue weighted by Gasteiger charge is -2.15. The second kappa shape index (κ2) is 7.82. The number of unbranched alkanes of at least 4 members (excludes halogenated alkanes) is 1. The highest BCUT2D eigenvalue weighted by atomic mass is 19.1. The van der Waals surface area contributed by atoms with Crippen molar-refractivity contribution < 1.29 is 9.18 Å². The van der Waals surface area contributed by atoms with Crippen molar-refractivity contribution in [2.24, 2.45) is 5.92 Å². The van der Waals surface area contributed by atoms with Gasteiger partial charge in [0.1, 0.15) is 11.3 Å². The summed E-state index contributed by atoms with van der Waals surface area (Å²) in [5.74, 6) is -0.314. The summed E-state index contributed by atoms with van der Waals surface area (Å²) >= 11 is 0. The number of rotatable bonds is 7. The first-order valence-corrected chi connectivity index (χ1v) is 7.84. The van der Waals surface area contributed by atoms with Gasteiger partial charge in [0, 0.05) is 25.0 Å². The van der Waals surface area contributed by atoms with Gasteiger partial charge >= 0.3 is 0 Å². The number of aromatic nitrogens is 2. The number of nitrogens with zero attached hydrogens (tertiary/aromatic N) is 2. The molecular weight excluding hydrogens is 281 g/mol. The molecule has 1 heterocycles. The Morgan fingerprint density at radius 2 is 2.05 bits per heavy atom. The first-order chi connectivity index (χ1) is 10.7. The van der Waals surface area contributed by atoms with Gasteiger partial charge in [-0.2, -0.15) is 0 Å². The molecule has 1 N–H and O–H groups in total. The van der Waals surface area contributed by atoms with E-state index in [9.17, 15) is 9.18 Å². The van der Waals surface area contributed by atoms with E-state index in [0.29, 0.717) is 23.5 Å². The third-order valence-corrected chi connectivity index (χ3v) is 3.88. The Bertz CT molecular complexity index is 645. The van der Waals surface area contributed by atoms with E-state index in [0.717, 1.165) is 25.7 Å². The summed E-state index contributed by atoms with van der Waals surface area (Å²) in [6.07, 6.45) is 7.41. The Morgan fingerprint density at radius 3 is 2.77 bits per heavy atom. The summed E-state index contributed by atoms with van der Waals surface area (Å²) in [6, 6.07) is 2.51. The fourth-order valence-electron chi connectivity index (χ4n) is 2.49. The Labute approximate surface area is 130 Å². The maximum Gasteiger partial charge on any atom is 0.253 e. The van der Waals surface area contributed by atoms with Gasteiger partial charge in [-0.25, -0.2) is 4.39 Å². The first kappa shape index (κ1) is 16.3. The Kier molecular flexibility index (Phi) is 5.81. The molecule has 2 aromatic rings. The van der Waals surface area contributed by atoms with Gasteiger partial charge in [-0.05, 0) is 18.4 Å². The molecule has 0 aliphatic rings. The van der Waals surface area contributed by atoms with Gasteiger partial charge in [-0.3, -0.25) is 14.8 Å². The molecular formula is C17H22FN3O. The Morgan fingerprint density at radius 1 is 1.27 bits per heavy atom. The summed E-state index contributed by atoms with van der Waals surface area (Å²) in [7, 11) is 0. The van der Waals surface area contributed by atoms with Gasteiger partial charge in [0.15, 0.2) is 0 Å². The van der Waals surface area contributed by atoms with Gasteiger partial charge < -0.3 is 5.32 Å². The molecule has 1 aromatic carbocycles. The molecule has 118 valence electrons. The summed E-state index contributed by atoms with van der Waals surface area (Å²) < 4.78 is 13.6. The molecule has 1 aromatic heterocycles. The van der Waals surface area contributed by atoms with Crippen molar-refractivity contribution in [2.75, 3.05) is 6.54 Å². The SMILES string of the molecule is CCCCC(CC)CNC(=O)c1cc(F)cc2nccnc12. The van der Waals surface area contributed by atoms with E-state index in [1.54, 1.807) is 0 Å². The van der Waals surface area contributed by atoms with Crippen LogP contribution < -0.4 is 5.32 Å². The van der Waals surface area contributed by atoms with E-state index in [1.807, 2.05) is 0 Å². The fraction of sp³-hybridized carbons (Fsp3) is 0.471. The zero-order valence-corrected chi connectivity index (χ0v) is 13.1. The van der Waals surface area contributed by atoms with Crippen LogP contribution in [0.2, 0.25) is 0 Å². The highest BCUT2D eigenvalue weighted by Crippen LogP contribution is 2.17. The number of carbonyl (C=O) groups is 1. The van der Waals surface area contributed by atoms with Crippen LogP contribution in [0.15, 0.2) is 24.5 Å². The van der Waals surface area contributed by atoms with E-state index < -0.39 is 5.82 Å². The van der Waals surface area contributed by atoms with E-state index >= 15 is 0 Å². The highest BCUT2D eigenvalue weighted by molar-refractivity contribution is 6.04. The van der Waals surface area contributed by atoms with Gasteiger partial charge in [0.25, 0.3) is 5.91 Å². The van der Waals surface area contributed by atoms with E-state index in [4.69, 9.17) is 0 Å². The second-order valence-electron chi connectivity index (χ2n) is 5.50. The van der Waals surface area contributed by atoms with Crippen LogP contribution in [-0.4, -0.2) is 22.4 Å². The first-order valence-electron chi connectivity index (χ1n) is 7.84. The van der Waals surface area contributed by atoms with Crippen LogP contribution >= 0.6 is 0 Å². The zero-order chi connectivity index (χ0) is 15.9. The molecule has 0 spiro atoms. The van der Waals surface area contributed by atoms with Gasteiger partial charge in [0.05, 0.1) is 11.1 Å². The van der Waals surface area contributed by atoms with Crippen LogP contribution in [0.4, 0.5) is 4.39 Å². The number of nitrogens with one attached hydrogen (secondary N) is 1. The molecule has 0 fully saturated rings. The minimum absolute atomic E-state index is 0.244. The minimum atomic E-state index is -0.476. The molecule has 1 amide bonds. The molecule has 0 saturated heterocycles. The quantitative estimate of drug-likeness (QED) is 0.848. The molecule has 4 nitrogen and oxygen atoms in total. The molecule has 0 saturated carbocycles. The highest BCUT2D eigenvalue weighted by Gasteiger charge is 2.15. The minimum Gasteiger partial charge on any atom is -0.352 e. The lowest BCUT2D eigenvalue weighted by Crippen LogP contribution is -2.29. The van der Waals surface area contributed by atoms with Crippen molar-refractivity contribution in [3.8, 4) is 0 Å². The standard InChI is InChI=1S/C17H22FN3O/c1-3-5-6-12(4-2)11-21-17(22)14-9-13(18)10-15-16(14)20-8-7-19-15/h7-10,12H,3-6,11H2,1-2H3,(H,21,22). The van der Waals surface area contributed by atoms with Crippen molar-refractivity contribution in [3.63, 3.8) is 0 Å². The molecule has 2 rings (SSSR count). The predicted octanol–water partition coefficient (Wildman–Crippen LogP) is 3.72. The molecule has 0 radical (unpaired) electrons. The third kappa shape index (κ3) is 4.00. The van der Waals surface area contributed by atoms with Crippen molar-refractivity contribution >= 4 is 16.9 Å². The van der Waals surface area contributed by atoms with Crippen LogP contribution in [0.1, 0.15) is 49.9 Å². The Hall–Kier alpha value is -2.04. The molecule has 1 unspecified atom stereocenters. The molecule has 0 aliphatic heterocycles. The monoisotopic (exact) mass is 303 g/mol. The van der Waals surface area contributed by atoms with Gasteiger partial charge in [0.2, 0.25) is 0 Å². The van der Waals surface area contributed by atoms with Crippen LogP contribution in [0.3, 0.4) is 0 Å². The summed E-state index contributed by atoms with van der Waals surface area (Å²) in [6.45, 7) is 4.88. The van der Waals surface area contributed by atoms with Crippen LogP contribution in [0, 0.1) is 11.7 Å². The summed E-state index contributed by atoms with van der Waals surface area (Å²) in [5, 5.41) is 2.90. The van der Waals surface area contributed by atoms with Gasteiger partial charge in [-0.15, -0.1) is 0 Å². The largest absolute Gasteiger partial charge is 0.352 e. The smallest absolute Gasteiger partial charge is 0.253 e. The van der Waals surface area contributed by atoms with E-state index in [2.05, 4.69) is 29.1 Å². The van der Waals surface area contributed by atoms with Crippen molar-refractivity contribution in [3.05, 3.63) is 35.9 Å². The fourth-order valence-corrected chi connectivity index (χ4v) is 2.49. The number of benzene rings is 1. The Balaban J connectivity index is 2.12. The number of hydrogen-bond donors (Lipinski definition) is 1. The maximum absolute atomic E-state index is 13.6. The summed E-state index contributed by atoms with van der Waals surface area (Å²) in [5.41, 5.74) is 1.07. The zero-order valence-electron chi connectivity index (χ0n) is 13.1.